The lowest BCUT2D eigenvalue weighted by molar-refractivity contribution is -0.394. The molecule has 1 amide bonds. The van der Waals surface area contributed by atoms with Gasteiger partial charge in [-0.15, -0.1) is 11.3 Å². The molecule has 142 valence electrons. The lowest BCUT2D eigenvalue weighted by Gasteiger charge is -2.60. The highest BCUT2D eigenvalue weighted by Gasteiger charge is 2.62. The molecule has 0 radical (unpaired) electrons. The maximum absolute atomic E-state index is 13.3. The summed E-state index contributed by atoms with van der Waals surface area (Å²) in [7, 11) is 0. The zero-order chi connectivity index (χ0) is 18.8. The average Bonchev–Trinajstić information content (AvgIpc) is 3.23. The van der Waals surface area contributed by atoms with Crippen LogP contribution in [-0.2, 0) is 10.3 Å². The number of carbonyl (C=O) groups is 1. The van der Waals surface area contributed by atoms with Crippen LogP contribution in [0.3, 0.4) is 0 Å². The molecule has 0 saturated heterocycles. The molecular weight excluding hydrogens is 368 g/mol. The van der Waals surface area contributed by atoms with Crippen molar-refractivity contribution in [3.63, 3.8) is 0 Å². The van der Waals surface area contributed by atoms with Gasteiger partial charge in [-0.2, -0.15) is 4.68 Å². The molecule has 4 saturated carbocycles. The summed E-state index contributed by atoms with van der Waals surface area (Å²) in [5.74, 6) is 0.545. The van der Waals surface area contributed by atoms with Gasteiger partial charge in [0.15, 0.2) is 5.13 Å². The maximum atomic E-state index is 13.3. The normalized spacial score (nSPS) is 34.0. The van der Waals surface area contributed by atoms with Gasteiger partial charge in [-0.25, -0.2) is 4.98 Å². The van der Waals surface area contributed by atoms with Crippen molar-refractivity contribution in [3.05, 3.63) is 27.5 Å². The Morgan fingerprint density at radius 1 is 1.33 bits per heavy atom. The molecule has 27 heavy (non-hydrogen) atoms. The fourth-order valence-corrected chi connectivity index (χ4v) is 6.62. The monoisotopic (exact) mass is 388 g/mol. The van der Waals surface area contributed by atoms with Gasteiger partial charge in [0.1, 0.15) is 0 Å². The summed E-state index contributed by atoms with van der Waals surface area (Å²) in [5, 5.41) is 18.8. The SMILES string of the molecule is Cc1cnc(NC(=O)C23C[C@H]4C[C@@H](C2)CC(n2cnc([N+](=O)[O-])n2)(C4)C3)s1. The first-order valence-electron chi connectivity index (χ1n) is 9.18. The van der Waals surface area contributed by atoms with Crippen molar-refractivity contribution in [2.75, 3.05) is 5.32 Å². The smallest absolute Gasteiger partial charge is 0.390 e. The van der Waals surface area contributed by atoms with Crippen molar-refractivity contribution in [3.8, 4) is 0 Å². The second kappa shape index (κ2) is 5.57. The highest BCUT2D eigenvalue weighted by Crippen LogP contribution is 2.64. The van der Waals surface area contributed by atoms with Gasteiger partial charge in [0.25, 0.3) is 0 Å². The van der Waals surface area contributed by atoms with E-state index in [2.05, 4.69) is 20.4 Å². The molecule has 4 atom stereocenters. The van der Waals surface area contributed by atoms with Gasteiger partial charge < -0.3 is 15.4 Å². The topological polar surface area (TPSA) is 116 Å². The first-order chi connectivity index (χ1) is 12.9. The summed E-state index contributed by atoms with van der Waals surface area (Å²) in [6.45, 7) is 1.96. The van der Waals surface area contributed by atoms with E-state index in [-0.39, 0.29) is 17.4 Å². The number of rotatable bonds is 4. The van der Waals surface area contributed by atoms with Crippen LogP contribution in [-0.4, -0.2) is 30.6 Å². The number of nitrogens with one attached hydrogen (secondary N) is 1. The standard InChI is InChI=1S/C17H20N6O3S/c1-10-7-18-15(27-10)20-13(24)16-3-11-2-12(4-16)6-17(5-11,8-16)22-9-19-14(21-22)23(25)26/h7,9,11-12H,2-6,8H2,1H3,(H,18,20,24)/t11-,12+,16?,17?. The van der Waals surface area contributed by atoms with Crippen LogP contribution in [0.5, 0.6) is 0 Å². The molecule has 2 heterocycles. The third-order valence-electron chi connectivity index (χ3n) is 6.48. The molecule has 4 aliphatic rings. The van der Waals surface area contributed by atoms with Crippen LogP contribution in [0, 0.1) is 34.3 Å². The predicted molar refractivity (Wildman–Crippen MR) is 97.2 cm³/mol. The molecule has 9 nitrogen and oxygen atoms in total. The van der Waals surface area contributed by atoms with Crippen LogP contribution in [0.4, 0.5) is 11.1 Å². The van der Waals surface area contributed by atoms with Gasteiger partial charge >= 0.3 is 5.95 Å². The van der Waals surface area contributed by atoms with E-state index in [9.17, 15) is 14.9 Å². The number of thiazole rings is 1. The molecule has 6 rings (SSSR count). The molecule has 4 fully saturated rings. The second-order valence-electron chi connectivity index (χ2n) is 8.44. The third kappa shape index (κ3) is 2.57. The number of nitro groups is 1. The van der Waals surface area contributed by atoms with Crippen LogP contribution in [0.1, 0.15) is 43.4 Å². The largest absolute Gasteiger partial charge is 0.490 e. The third-order valence-corrected chi connectivity index (χ3v) is 7.31. The molecule has 10 heteroatoms. The van der Waals surface area contributed by atoms with Crippen LogP contribution < -0.4 is 5.32 Å². The lowest BCUT2D eigenvalue weighted by Crippen LogP contribution is -2.60. The quantitative estimate of drug-likeness (QED) is 0.636. The zero-order valence-corrected chi connectivity index (χ0v) is 15.7. The minimum atomic E-state index is -0.565. The summed E-state index contributed by atoms with van der Waals surface area (Å²) >= 11 is 1.48. The maximum Gasteiger partial charge on any atom is 0.490 e. The fraction of sp³-hybridized carbons (Fsp3) is 0.647. The van der Waals surface area contributed by atoms with Gasteiger partial charge in [-0.3, -0.25) is 4.79 Å². The van der Waals surface area contributed by atoms with Crippen molar-refractivity contribution in [2.45, 2.75) is 51.0 Å². The zero-order valence-electron chi connectivity index (χ0n) is 14.9. The van der Waals surface area contributed by atoms with Crippen molar-refractivity contribution in [2.24, 2.45) is 17.3 Å². The summed E-state index contributed by atoms with van der Waals surface area (Å²) in [5.41, 5.74) is -0.800. The number of aryl methyl sites for hydroxylation is 1. The molecule has 1 N–H and O–H groups in total. The van der Waals surface area contributed by atoms with Crippen molar-refractivity contribution >= 4 is 28.3 Å². The Hall–Kier alpha value is -2.36. The Labute approximate surface area is 159 Å². The van der Waals surface area contributed by atoms with Crippen LogP contribution in [0.2, 0.25) is 0 Å². The summed E-state index contributed by atoms with van der Waals surface area (Å²) < 4.78 is 1.68. The number of amides is 1. The van der Waals surface area contributed by atoms with E-state index >= 15 is 0 Å². The molecule has 0 aromatic carbocycles. The van der Waals surface area contributed by atoms with Crippen LogP contribution in [0.15, 0.2) is 12.5 Å². The van der Waals surface area contributed by atoms with E-state index in [1.54, 1.807) is 10.9 Å². The minimum absolute atomic E-state index is 0.0324. The Balaban J connectivity index is 1.47. The van der Waals surface area contributed by atoms with E-state index in [1.165, 1.54) is 17.7 Å². The fourth-order valence-electron chi connectivity index (χ4n) is 5.96. The predicted octanol–water partition coefficient (Wildman–Crippen LogP) is 2.89. The Kier molecular flexibility index (Phi) is 3.46. The Morgan fingerprint density at radius 2 is 2.07 bits per heavy atom. The highest BCUT2D eigenvalue weighted by atomic mass is 32.1. The molecule has 0 aliphatic heterocycles. The molecular formula is C17H20N6O3S. The van der Waals surface area contributed by atoms with E-state index in [0.29, 0.717) is 23.4 Å². The average molecular weight is 388 g/mol. The lowest BCUT2D eigenvalue weighted by atomic mass is 9.46. The van der Waals surface area contributed by atoms with Gasteiger partial charge in [0, 0.05) is 16.2 Å². The molecule has 4 aliphatic carbocycles. The van der Waals surface area contributed by atoms with Crippen LogP contribution >= 0.6 is 11.3 Å². The first-order valence-corrected chi connectivity index (χ1v) is 10.00. The van der Waals surface area contributed by atoms with Gasteiger partial charge in [0.05, 0.1) is 11.0 Å². The second-order valence-corrected chi connectivity index (χ2v) is 9.68. The van der Waals surface area contributed by atoms with Gasteiger partial charge in [-0.1, -0.05) is 4.98 Å². The summed E-state index contributed by atoms with van der Waals surface area (Å²) in [6, 6.07) is 0. The number of anilines is 1. The van der Waals surface area contributed by atoms with Crippen molar-refractivity contribution in [1.82, 2.24) is 19.7 Å². The Bertz CT molecular complexity index is 923. The number of hydrogen-bond acceptors (Lipinski definition) is 7. The molecule has 0 spiro atoms. The van der Waals surface area contributed by atoms with E-state index in [4.69, 9.17) is 0 Å². The van der Waals surface area contributed by atoms with E-state index in [0.717, 1.165) is 37.0 Å². The molecule has 2 aromatic rings. The van der Waals surface area contributed by atoms with Crippen molar-refractivity contribution in [1.29, 1.82) is 0 Å². The van der Waals surface area contributed by atoms with Crippen LogP contribution in [0.25, 0.3) is 0 Å². The Morgan fingerprint density at radius 3 is 2.67 bits per heavy atom. The number of hydrogen-bond donors (Lipinski definition) is 1. The number of nitrogens with zero attached hydrogens (tertiary/aromatic N) is 5. The number of aromatic nitrogens is 4. The molecule has 2 aromatic heterocycles. The van der Waals surface area contributed by atoms with Crippen molar-refractivity contribution < 1.29 is 9.72 Å². The highest BCUT2D eigenvalue weighted by molar-refractivity contribution is 7.15. The van der Waals surface area contributed by atoms with Gasteiger partial charge in [0.2, 0.25) is 12.2 Å². The minimum Gasteiger partial charge on any atom is -0.390 e. The first kappa shape index (κ1) is 16.8. The summed E-state index contributed by atoms with van der Waals surface area (Å²) in [6.07, 6.45) is 8.59. The van der Waals surface area contributed by atoms with E-state index in [1.807, 2.05) is 6.92 Å². The molecule has 4 bridgehead atoms. The van der Waals surface area contributed by atoms with Gasteiger partial charge in [-0.05, 0) is 62.2 Å². The summed E-state index contributed by atoms with van der Waals surface area (Å²) in [4.78, 5) is 32.9. The molecule has 2 unspecified atom stereocenters. The number of carbonyl (C=O) groups excluding carboxylic acids is 1. The van der Waals surface area contributed by atoms with E-state index < -0.39 is 10.3 Å².